The molecule has 3 heterocycles. The van der Waals surface area contributed by atoms with Crippen molar-refractivity contribution in [2.45, 2.75) is 32.1 Å². The Kier molecular flexibility index (Phi) is 3.61. The van der Waals surface area contributed by atoms with Gasteiger partial charge >= 0.3 is 0 Å². The maximum absolute atomic E-state index is 14.1. The van der Waals surface area contributed by atoms with Crippen LogP contribution < -0.4 is 0 Å². The Morgan fingerprint density at radius 1 is 1.39 bits per heavy atom. The summed E-state index contributed by atoms with van der Waals surface area (Å²) >= 11 is 0. The van der Waals surface area contributed by atoms with E-state index in [4.69, 9.17) is 4.52 Å². The number of alkyl halides is 2. The van der Waals surface area contributed by atoms with Gasteiger partial charge in [-0.1, -0.05) is 5.16 Å². The zero-order chi connectivity index (χ0) is 16.8. The molecule has 1 aromatic heterocycles. The lowest BCUT2D eigenvalue weighted by atomic mass is 9.77. The third kappa shape index (κ3) is 2.91. The van der Waals surface area contributed by atoms with Crippen LogP contribution in [-0.2, 0) is 16.0 Å². The Bertz CT molecular complexity index is 648. The van der Waals surface area contributed by atoms with Crippen LogP contribution >= 0.6 is 0 Å². The molecule has 3 rings (SSSR count). The summed E-state index contributed by atoms with van der Waals surface area (Å²) in [6.07, 6.45) is -0.412. The minimum absolute atomic E-state index is 0.0116. The molecule has 2 fully saturated rings. The molecule has 0 N–H and O–H groups in total. The van der Waals surface area contributed by atoms with Gasteiger partial charge in [0, 0.05) is 26.6 Å². The van der Waals surface area contributed by atoms with E-state index in [1.165, 1.54) is 4.90 Å². The first-order valence-corrected chi connectivity index (χ1v) is 7.41. The smallest absolute Gasteiger partial charge is 0.266 e. The fraction of sp³-hybridized carbons (Fsp3) is 0.714. The van der Waals surface area contributed by atoms with E-state index in [2.05, 4.69) is 10.1 Å². The summed E-state index contributed by atoms with van der Waals surface area (Å²) in [6, 6.07) is 0. The van der Waals surface area contributed by atoms with E-state index >= 15 is 0 Å². The predicted octanol–water partition coefficient (Wildman–Crippen LogP) is 0.637. The summed E-state index contributed by atoms with van der Waals surface area (Å²) in [4.78, 5) is 31.1. The number of likely N-dealkylation sites (tertiary alicyclic amines) is 2. The number of nitrogens with zero attached hydrogens (tertiary/aromatic N) is 4. The quantitative estimate of drug-likeness (QED) is 0.796. The molecule has 2 amide bonds. The Morgan fingerprint density at radius 3 is 2.70 bits per heavy atom. The van der Waals surface area contributed by atoms with Gasteiger partial charge in [-0.25, -0.2) is 8.78 Å². The summed E-state index contributed by atoms with van der Waals surface area (Å²) in [7, 11) is 1.59. The molecule has 0 saturated carbocycles. The number of rotatable bonds is 2. The molecule has 1 atom stereocenters. The SMILES string of the molecule is Cc1noc(CC(=O)N2CC(F)(F)C[C@]3(CCN(C)C3=O)C2)n1. The molecule has 0 aliphatic carbocycles. The molecule has 2 aliphatic rings. The number of aryl methyl sites for hydroxylation is 1. The normalized spacial score (nSPS) is 27.0. The van der Waals surface area contributed by atoms with Gasteiger partial charge in [-0.05, 0) is 13.3 Å². The topological polar surface area (TPSA) is 79.5 Å². The number of piperidine rings is 1. The highest BCUT2D eigenvalue weighted by atomic mass is 19.3. The third-order valence-electron chi connectivity index (χ3n) is 4.46. The molecular weight excluding hydrogens is 310 g/mol. The van der Waals surface area contributed by atoms with Gasteiger partial charge in [0.1, 0.15) is 6.42 Å². The fourth-order valence-electron chi connectivity index (χ4n) is 3.44. The van der Waals surface area contributed by atoms with Crippen LogP contribution in [0.2, 0.25) is 0 Å². The van der Waals surface area contributed by atoms with Gasteiger partial charge in [0.15, 0.2) is 5.82 Å². The molecule has 7 nitrogen and oxygen atoms in total. The molecule has 0 aromatic carbocycles. The van der Waals surface area contributed by atoms with Gasteiger partial charge in [-0.2, -0.15) is 4.98 Å². The van der Waals surface area contributed by atoms with Crippen molar-refractivity contribution in [1.82, 2.24) is 19.9 Å². The molecular formula is C14H18F2N4O3. The average Bonchev–Trinajstić information content (AvgIpc) is 2.97. The largest absolute Gasteiger partial charge is 0.345 e. The van der Waals surface area contributed by atoms with Crippen LogP contribution in [0.5, 0.6) is 0 Å². The highest BCUT2D eigenvalue weighted by Gasteiger charge is 2.57. The van der Waals surface area contributed by atoms with E-state index in [9.17, 15) is 18.4 Å². The van der Waals surface area contributed by atoms with E-state index in [0.717, 1.165) is 4.90 Å². The first-order valence-electron chi connectivity index (χ1n) is 7.41. The van der Waals surface area contributed by atoms with E-state index in [1.54, 1.807) is 14.0 Å². The minimum Gasteiger partial charge on any atom is -0.345 e. The molecule has 126 valence electrons. The Hall–Kier alpha value is -2.06. The van der Waals surface area contributed by atoms with E-state index < -0.39 is 30.2 Å². The molecule has 1 spiro atoms. The van der Waals surface area contributed by atoms with Gasteiger partial charge in [-0.15, -0.1) is 0 Å². The molecule has 9 heteroatoms. The molecule has 23 heavy (non-hydrogen) atoms. The summed E-state index contributed by atoms with van der Waals surface area (Å²) in [5, 5.41) is 3.57. The Morgan fingerprint density at radius 2 is 2.13 bits per heavy atom. The number of aromatic nitrogens is 2. The number of halogens is 2. The highest BCUT2D eigenvalue weighted by Crippen LogP contribution is 2.45. The van der Waals surface area contributed by atoms with Crippen molar-refractivity contribution in [1.29, 1.82) is 0 Å². The zero-order valence-corrected chi connectivity index (χ0v) is 13.0. The van der Waals surface area contributed by atoms with Crippen molar-refractivity contribution < 1.29 is 22.9 Å². The second-order valence-corrected chi connectivity index (χ2v) is 6.45. The van der Waals surface area contributed by atoms with Crippen LogP contribution in [0.1, 0.15) is 24.6 Å². The van der Waals surface area contributed by atoms with E-state index in [0.29, 0.717) is 18.8 Å². The predicted molar refractivity (Wildman–Crippen MR) is 73.6 cm³/mol. The minimum atomic E-state index is -3.08. The number of carbonyl (C=O) groups is 2. The second-order valence-electron chi connectivity index (χ2n) is 6.45. The number of carbonyl (C=O) groups excluding carboxylic acids is 2. The Balaban J connectivity index is 1.79. The van der Waals surface area contributed by atoms with Crippen LogP contribution in [0.25, 0.3) is 0 Å². The van der Waals surface area contributed by atoms with Crippen molar-refractivity contribution in [2.75, 3.05) is 26.7 Å². The van der Waals surface area contributed by atoms with Crippen molar-refractivity contribution >= 4 is 11.8 Å². The lowest BCUT2D eigenvalue weighted by molar-refractivity contribution is -0.162. The molecule has 1 aromatic rings. The van der Waals surface area contributed by atoms with E-state index in [-0.39, 0.29) is 24.8 Å². The van der Waals surface area contributed by atoms with Gasteiger partial charge in [0.2, 0.25) is 17.7 Å². The maximum atomic E-state index is 14.1. The van der Waals surface area contributed by atoms with Crippen LogP contribution in [0.3, 0.4) is 0 Å². The fourth-order valence-corrected chi connectivity index (χ4v) is 3.44. The summed E-state index contributed by atoms with van der Waals surface area (Å²) in [5.41, 5.74) is -1.18. The monoisotopic (exact) mass is 328 g/mol. The molecule has 0 bridgehead atoms. The molecule has 0 radical (unpaired) electrons. The van der Waals surface area contributed by atoms with Crippen molar-refractivity contribution in [3.05, 3.63) is 11.7 Å². The van der Waals surface area contributed by atoms with Crippen LogP contribution in [-0.4, -0.2) is 64.4 Å². The van der Waals surface area contributed by atoms with Crippen LogP contribution in [0.4, 0.5) is 8.78 Å². The standard InChI is InChI=1S/C14H18F2N4O3/c1-9-17-10(23-18-9)5-11(21)20-7-13(6-14(15,16)8-20)3-4-19(2)12(13)22/h3-8H2,1-2H3/t13-/m1/s1. The van der Waals surface area contributed by atoms with Crippen molar-refractivity contribution in [3.8, 4) is 0 Å². The molecule has 0 unspecified atom stereocenters. The average molecular weight is 328 g/mol. The maximum Gasteiger partial charge on any atom is 0.266 e. The van der Waals surface area contributed by atoms with Gasteiger partial charge in [-0.3, -0.25) is 9.59 Å². The van der Waals surface area contributed by atoms with Crippen molar-refractivity contribution in [2.24, 2.45) is 5.41 Å². The van der Waals surface area contributed by atoms with Crippen LogP contribution in [0, 0.1) is 12.3 Å². The Labute approximate surface area is 131 Å². The van der Waals surface area contributed by atoms with Crippen LogP contribution in [0.15, 0.2) is 4.52 Å². The first kappa shape index (κ1) is 15.8. The lowest BCUT2D eigenvalue weighted by Gasteiger charge is -2.42. The molecule has 2 saturated heterocycles. The van der Waals surface area contributed by atoms with E-state index in [1.807, 2.05) is 0 Å². The number of hydrogen-bond acceptors (Lipinski definition) is 5. The van der Waals surface area contributed by atoms with Gasteiger partial charge < -0.3 is 14.3 Å². The third-order valence-corrected chi connectivity index (χ3v) is 4.46. The number of amides is 2. The second kappa shape index (κ2) is 5.24. The van der Waals surface area contributed by atoms with Gasteiger partial charge in [0.05, 0.1) is 12.0 Å². The summed E-state index contributed by atoms with van der Waals surface area (Å²) in [5.74, 6) is -3.47. The van der Waals surface area contributed by atoms with Crippen molar-refractivity contribution in [3.63, 3.8) is 0 Å². The number of hydrogen-bond donors (Lipinski definition) is 0. The summed E-state index contributed by atoms with van der Waals surface area (Å²) < 4.78 is 33.1. The molecule has 2 aliphatic heterocycles. The lowest BCUT2D eigenvalue weighted by Crippen LogP contribution is -2.57. The zero-order valence-electron chi connectivity index (χ0n) is 13.0. The van der Waals surface area contributed by atoms with Gasteiger partial charge in [0.25, 0.3) is 5.92 Å². The highest BCUT2D eigenvalue weighted by molar-refractivity contribution is 5.86. The first-order chi connectivity index (χ1) is 10.7. The summed E-state index contributed by atoms with van der Waals surface area (Å²) in [6.45, 7) is 1.36.